The maximum absolute atomic E-state index is 13.3. The van der Waals surface area contributed by atoms with Crippen molar-refractivity contribution in [3.05, 3.63) is 71.3 Å². The summed E-state index contributed by atoms with van der Waals surface area (Å²) in [6, 6.07) is 14.2. The number of amides is 4. The van der Waals surface area contributed by atoms with E-state index in [1.165, 1.54) is 4.90 Å². The van der Waals surface area contributed by atoms with Crippen molar-refractivity contribution < 1.29 is 33.8 Å². The maximum atomic E-state index is 13.3. The van der Waals surface area contributed by atoms with Crippen molar-refractivity contribution in [2.45, 2.75) is 88.8 Å². The first-order chi connectivity index (χ1) is 20.9. The Morgan fingerprint density at radius 3 is 2.16 bits per heavy atom. The van der Waals surface area contributed by atoms with E-state index in [1.807, 2.05) is 73.8 Å². The Kier molecular flexibility index (Phi) is 14.5. The summed E-state index contributed by atoms with van der Waals surface area (Å²) in [4.78, 5) is 60.7. The van der Waals surface area contributed by atoms with E-state index in [-0.39, 0.29) is 31.4 Å². The van der Waals surface area contributed by atoms with Crippen molar-refractivity contribution >= 4 is 45.7 Å². The van der Waals surface area contributed by atoms with Crippen LogP contribution in [0.1, 0.15) is 63.6 Å². The molecule has 0 unspecified atom stereocenters. The van der Waals surface area contributed by atoms with E-state index in [2.05, 4.69) is 21.2 Å². The molecule has 0 aliphatic carbocycles. The number of carboxylic acids is 1. The number of aliphatic carboxylic acids is 1. The molecule has 44 heavy (non-hydrogen) atoms. The largest absolute Gasteiger partial charge is 0.480 e. The number of fused-ring (bicyclic) bond motifs is 1. The molecule has 0 aromatic heterocycles. The molecule has 240 valence electrons. The molecular formula is C32H43BrN4O7. The molecule has 3 rings (SSSR count). The lowest BCUT2D eigenvalue weighted by molar-refractivity contribution is -0.153. The molecule has 2 aromatic carbocycles. The van der Waals surface area contributed by atoms with E-state index < -0.39 is 40.4 Å². The van der Waals surface area contributed by atoms with Gasteiger partial charge in [-0.2, -0.15) is 0 Å². The number of halogens is 1. The summed E-state index contributed by atoms with van der Waals surface area (Å²) in [5.74, 6) is -2.17. The molecule has 0 fully saturated rings. The highest BCUT2D eigenvalue weighted by Gasteiger charge is 2.37. The zero-order chi connectivity index (χ0) is 32.9. The molecule has 4 amide bonds. The molecule has 2 aromatic rings. The molecular weight excluding hydrogens is 632 g/mol. The van der Waals surface area contributed by atoms with E-state index >= 15 is 0 Å². The predicted octanol–water partition coefficient (Wildman–Crippen LogP) is 3.70. The van der Waals surface area contributed by atoms with Gasteiger partial charge in [0, 0.05) is 13.0 Å². The highest BCUT2D eigenvalue weighted by molar-refractivity contribution is 9.10. The standard InChI is InChI=1S/C25H30N2O5.C7H13BrN2O2/c1-3-32-25(31)21(14-13-18-9-5-4-6-10-18)26-17(2)23(28)27-16-20-12-8-7-11-19(20)15-22(27)24(29)30;1-3-7(8,4-2)5(11)10-6(9)12/h4-12,17,21-22,26H,3,13-16H2,1-2H3,(H,29,30);3-4H2,1-2H3,(H3,9,10,11,12)/t17-,21-,22-;/m0./s1. The molecule has 0 radical (unpaired) electrons. The Morgan fingerprint density at radius 2 is 1.61 bits per heavy atom. The quantitative estimate of drug-likeness (QED) is 0.195. The van der Waals surface area contributed by atoms with Gasteiger partial charge in [0.2, 0.25) is 11.8 Å². The fraction of sp³-hybridized carbons (Fsp3) is 0.469. The number of carboxylic acid groups (broad SMARTS) is 1. The number of nitrogens with one attached hydrogen (secondary N) is 2. The summed E-state index contributed by atoms with van der Waals surface area (Å²) < 4.78 is 4.54. The third-order valence-corrected chi connectivity index (χ3v) is 9.02. The summed E-state index contributed by atoms with van der Waals surface area (Å²) >= 11 is 3.26. The van der Waals surface area contributed by atoms with Crippen LogP contribution in [0.4, 0.5) is 4.79 Å². The Labute approximate surface area is 267 Å². The van der Waals surface area contributed by atoms with Gasteiger partial charge >= 0.3 is 18.0 Å². The van der Waals surface area contributed by atoms with Crippen LogP contribution in [-0.2, 0) is 43.3 Å². The second-order valence-electron chi connectivity index (χ2n) is 10.5. The lowest BCUT2D eigenvalue weighted by atomic mass is 9.93. The average molecular weight is 676 g/mol. The number of carbonyl (C=O) groups is 5. The lowest BCUT2D eigenvalue weighted by Gasteiger charge is -2.36. The second-order valence-corrected chi connectivity index (χ2v) is 12.0. The Bertz CT molecular complexity index is 1290. The first kappa shape index (κ1) is 36.4. The Balaban J connectivity index is 0.000000477. The van der Waals surface area contributed by atoms with Gasteiger partial charge in [-0.1, -0.05) is 84.4 Å². The first-order valence-corrected chi connectivity index (χ1v) is 15.5. The SMILES string of the molecule is CCC(Br)(CC)C(=O)NC(N)=O.CCOC(=O)[C@H](CCc1ccccc1)N[C@@H](C)C(=O)N1Cc2ccccc2C[C@H]1C(=O)O. The number of primary amides is 1. The van der Waals surface area contributed by atoms with Crippen LogP contribution < -0.4 is 16.4 Å². The van der Waals surface area contributed by atoms with E-state index in [4.69, 9.17) is 10.5 Å². The number of ether oxygens (including phenoxy) is 1. The van der Waals surface area contributed by atoms with Gasteiger partial charge in [0.1, 0.15) is 16.4 Å². The van der Waals surface area contributed by atoms with Gasteiger partial charge in [-0.05, 0) is 56.2 Å². The number of carbonyl (C=O) groups excluding carboxylic acids is 4. The maximum Gasteiger partial charge on any atom is 0.326 e. The van der Waals surface area contributed by atoms with Crippen molar-refractivity contribution in [3.8, 4) is 0 Å². The van der Waals surface area contributed by atoms with Gasteiger partial charge in [0.15, 0.2) is 0 Å². The smallest absolute Gasteiger partial charge is 0.326 e. The van der Waals surface area contributed by atoms with E-state index in [0.717, 1.165) is 16.7 Å². The van der Waals surface area contributed by atoms with Crippen LogP contribution in [0.3, 0.4) is 0 Å². The average Bonchev–Trinajstić information content (AvgIpc) is 3.01. The molecule has 0 saturated carbocycles. The van der Waals surface area contributed by atoms with E-state index in [0.29, 0.717) is 25.7 Å². The first-order valence-electron chi connectivity index (χ1n) is 14.7. The highest BCUT2D eigenvalue weighted by Crippen LogP contribution is 2.26. The van der Waals surface area contributed by atoms with Crippen LogP contribution in [-0.4, -0.2) is 68.8 Å². The monoisotopic (exact) mass is 674 g/mol. The van der Waals surface area contributed by atoms with Crippen LogP contribution >= 0.6 is 15.9 Å². The van der Waals surface area contributed by atoms with E-state index in [9.17, 15) is 29.1 Å². The third-order valence-electron chi connectivity index (χ3n) is 7.54. The van der Waals surface area contributed by atoms with Gasteiger partial charge in [-0.3, -0.25) is 25.0 Å². The molecule has 5 N–H and O–H groups in total. The third kappa shape index (κ3) is 10.4. The molecule has 1 aliphatic heterocycles. The highest BCUT2D eigenvalue weighted by atomic mass is 79.9. The second kappa shape index (κ2) is 17.5. The number of nitrogens with zero attached hydrogens (tertiary/aromatic N) is 1. The lowest BCUT2D eigenvalue weighted by Crippen LogP contribution is -2.56. The Morgan fingerprint density at radius 1 is 1.02 bits per heavy atom. The summed E-state index contributed by atoms with van der Waals surface area (Å²) in [5, 5.41) is 14.9. The number of imide groups is 1. The molecule has 11 nitrogen and oxygen atoms in total. The minimum atomic E-state index is -1.04. The number of alkyl halides is 1. The van der Waals surface area contributed by atoms with Crippen molar-refractivity contribution in [2.75, 3.05) is 6.61 Å². The van der Waals surface area contributed by atoms with Gasteiger partial charge in [-0.15, -0.1) is 0 Å². The number of rotatable bonds is 12. The van der Waals surface area contributed by atoms with Gasteiger partial charge < -0.3 is 20.5 Å². The number of nitrogens with two attached hydrogens (primary N) is 1. The normalized spacial score (nSPS) is 15.5. The molecule has 0 spiro atoms. The molecule has 1 heterocycles. The summed E-state index contributed by atoms with van der Waals surface area (Å²) in [6.45, 7) is 7.60. The van der Waals surface area contributed by atoms with Crippen molar-refractivity contribution in [3.63, 3.8) is 0 Å². The zero-order valence-electron chi connectivity index (χ0n) is 25.7. The summed E-state index contributed by atoms with van der Waals surface area (Å²) in [5.41, 5.74) is 7.77. The van der Waals surface area contributed by atoms with E-state index in [1.54, 1.807) is 13.8 Å². The molecule has 0 bridgehead atoms. The zero-order valence-corrected chi connectivity index (χ0v) is 27.3. The fourth-order valence-corrected chi connectivity index (χ4v) is 4.96. The predicted molar refractivity (Wildman–Crippen MR) is 170 cm³/mol. The summed E-state index contributed by atoms with van der Waals surface area (Å²) in [7, 11) is 0. The molecule has 3 atom stereocenters. The van der Waals surface area contributed by atoms with Crippen molar-refractivity contribution in [2.24, 2.45) is 5.73 Å². The fourth-order valence-electron chi connectivity index (χ4n) is 4.86. The van der Waals surface area contributed by atoms with Gasteiger partial charge in [0.25, 0.3) is 0 Å². The summed E-state index contributed by atoms with van der Waals surface area (Å²) in [6.07, 6.45) is 2.60. The van der Waals surface area contributed by atoms with Gasteiger partial charge in [-0.25, -0.2) is 9.59 Å². The number of aryl methyl sites for hydroxylation is 1. The number of hydrogen-bond donors (Lipinski definition) is 4. The number of benzene rings is 2. The minimum absolute atomic E-state index is 0.228. The van der Waals surface area contributed by atoms with Crippen molar-refractivity contribution in [1.29, 1.82) is 0 Å². The van der Waals surface area contributed by atoms with Crippen LogP contribution in [0.15, 0.2) is 54.6 Å². The van der Waals surface area contributed by atoms with Crippen LogP contribution in [0.2, 0.25) is 0 Å². The number of esters is 1. The molecule has 0 saturated heterocycles. The Hall–Kier alpha value is -3.77. The number of hydrogen-bond acceptors (Lipinski definition) is 7. The van der Waals surface area contributed by atoms with Crippen molar-refractivity contribution in [1.82, 2.24) is 15.5 Å². The van der Waals surface area contributed by atoms with Crippen LogP contribution in [0.5, 0.6) is 0 Å². The van der Waals surface area contributed by atoms with Gasteiger partial charge in [0.05, 0.1) is 12.6 Å². The minimum Gasteiger partial charge on any atom is -0.480 e. The topological polar surface area (TPSA) is 168 Å². The molecule has 12 heteroatoms. The van der Waals surface area contributed by atoms with Crippen LogP contribution in [0.25, 0.3) is 0 Å². The molecule has 1 aliphatic rings. The van der Waals surface area contributed by atoms with Crippen LogP contribution in [0, 0.1) is 0 Å². The number of urea groups is 1.